The van der Waals surface area contributed by atoms with E-state index in [4.69, 9.17) is 33.5 Å². The van der Waals surface area contributed by atoms with Gasteiger partial charge in [-0.15, -0.1) is 0 Å². The van der Waals surface area contributed by atoms with Crippen LogP contribution in [0.2, 0.25) is 0 Å². The monoisotopic (exact) mass is 780 g/mol. The summed E-state index contributed by atoms with van der Waals surface area (Å²) in [7, 11) is 0. The number of carbonyl (C=O) groups is 3. The largest absolute Gasteiger partial charge is 0.481 e. The highest BCUT2D eigenvalue weighted by molar-refractivity contribution is 5.73. The van der Waals surface area contributed by atoms with Crippen molar-refractivity contribution in [1.82, 2.24) is 0 Å². The summed E-state index contributed by atoms with van der Waals surface area (Å²) in [5.74, 6) is -2.70. The molecule has 2 heterocycles. The quantitative estimate of drug-likeness (QED) is 0.0409. The zero-order chi connectivity index (χ0) is 39.9. The van der Waals surface area contributed by atoms with Crippen molar-refractivity contribution >= 4 is 17.9 Å². The number of esters is 1. The summed E-state index contributed by atoms with van der Waals surface area (Å²) in [5, 5.41) is 71.5. The predicted molar refractivity (Wildman–Crippen MR) is 193 cm³/mol. The number of rotatable bonds is 30. The van der Waals surface area contributed by atoms with Crippen LogP contribution in [0.5, 0.6) is 0 Å². The molecule has 11 unspecified atom stereocenters. The van der Waals surface area contributed by atoms with Crippen molar-refractivity contribution in [2.75, 3.05) is 19.8 Å². The normalized spacial score (nSPS) is 27.6. The Kier molecular flexibility index (Phi) is 24.6. The van der Waals surface area contributed by atoms with E-state index in [-0.39, 0.29) is 38.9 Å². The van der Waals surface area contributed by atoms with Crippen molar-refractivity contribution < 1.29 is 78.6 Å². The van der Waals surface area contributed by atoms with Crippen LogP contribution in [0.4, 0.5) is 0 Å². The fraction of sp³-hybridized carbons (Fsp3) is 0.921. The Bertz CT molecular complexity index is 1030. The third-order valence-corrected chi connectivity index (χ3v) is 9.85. The van der Waals surface area contributed by atoms with Gasteiger partial charge in [0.05, 0.1) is 37.6 Å². The number of aliphatic hydroxyl groups is 5. The van der Waals surface area contributed by atoms with Crippen molar-refractivity contribution in [2.45, 2.75) is 203 Å². The van der Waals surface area contributed by atoms with E-state index in [9.17, 15) is 45.0 Å². The van der Waals surface area contributed by atoms with Crippen LogP contribution < -0.4 is 0 Å². The first-order valence-electron chi connectivity index (χ1n) is 20.0. The molecule has 0 aliphatic carbocycles. The number of carboxylic acids is 2. The van der Waals surface area contributed by atoms with Gasteiger partial charge in [0, 0.05) is 26.2 Å². The first kappa shape index (κ1) is 48.2. The smallest absolute Gasteiger partial charge is 0.335 e. The Morgan fingerprint density at radius 2 is 1.41 bits per heavy atom. The van der Waals surface area contributed by atoms with E-state index < -0.39 is 92.0 Å². The van der Waals surface area contributed by atoms with Crippen LogP contribution in [-0.4, -0.2) is 141 Å². The molecule has 16 nitrogen and oxygen atoms in total. The molecule has 11 atom stereocenters. The summed E-state index contributed by atoms with van der Waals surface area (Å²) in [4.78, 5) is 34.2. The first-order chi connectivity index (χ1) is 25.9. The van der Waals surface area contributed by atoms with Crippen molar-refractivity contribution in [2.24, 2.45) is 0 Å². The lowest BCUT2D eigenvalue weighted by Gasteiger charge is -2.44. The number of aliphatic hydroxyl groups excluding tert-OH is 5. The SMILES string of the molecule is CCCCCC(O)C(OC1CC(CO)OC(OC2C(COC(C)=O)OC(OCC(O)CCCCCCCCCCCCCC(=O)O)C(O)C2O)C1)C(=O)O. The Hall–Kier alpha value is -1.99. The second-order valence-electron chi connectivity index (χ2n) is 14.7. The van der Waals surface area contributed by atoms with Gasteiger partial charge < -0.3 is 64.2 Å². The number of hydrogen-bond acceptors (Lipinski definition) is 14. The molecule has 2 aliphatic rings. The summed E-state index contributed by atoms with van der Waals surface area (Å²) in [6.45, 7) is 2.19. The van der Waals surface area contributed by atoms with Gasteiger partial charge in [-0.05, 0) is 19.3 Å². The van der Waals surface area contributed by atoms with E-state index in [0.717, 1.165) is 83.5 Å². The third-order valence-electron chi connectivity index (χ3n) is 9.85. The van der Waals surface area contributed by atoms with E-state index in [2.05, 4.69) is 0 Å². The second-order valence-corrected chi connectivity index (χ2v) is 14.7. The molecular formula is C38H68O16. The van der Waals surface area contributed by atoms with E-state index in [0.29, 0.717) is 12.8 Å². The maximum absolute atomic E-state index is 12.0. The molecule has 54 heavy (non-hydrogen) atoms. The van der Waals surface area contributed by atoms with Crippen LogP contribution in [0.15, 0.2) is 0 Å². The molecule has 0 bridgehead atoms. The van der Waals surface area contributed by atoms with E-state index >= 15 is 0 Å². The fourth-order valence-corrected chi connectivity index (χ4v) is 6.78. The van der Waals surface area contributed by atoms with E-state index in [1.54, 1.807) is 0 Å². The molecule has 16 heteroatoms. The molecule has 0 saturated carbocycles. The van der Waals surface area contributed by atoms with Gasteiger partial charge in [-0.25, -0.2) is 4.79 Å². The third kappa shape index (κ3) is 19.2. The standard InChI is InChI=1S/C38H68O16/c1-3-4-14-18-29(42)35(37(47)48)52-27-20-28(22-39)51-32(21-27)54-36-30(24-49-25(2)40)53-38(34(46)33(36)45)50-23-26(41)17-15-12-10-8-6-5-7-9-11-13-16-19-31(43)44/h26-30,32-36,38-39,41-42,45-46H,3-24H2,1-2H3,(H,43,44)(H,47,48). The molecule has 2 saturated heterocycles. The lowest BCUT2D eigenvalue weighted by Crippen LogP contribution is -2.61. The van der Waals surface area contributed by atoms with Crippen LogP contribution in [0.3, 0.4) is 0 Å². The van der Waals surface area contributed by atoms with Gasteiger partial charge in [0.1, 0.15) is 31.0 Å². The number of unbranched alkanes of at least 4 members (excludes halogenated alkanes) is 12. The first-order valence-corrected chi connectivity index (χ1v) is 20.0. The van der Waals surface area contributed by atoms with E-state index in [1.807, 2.05) is 6.92 Å². The Morgan fingerprint density at radius 1 is 0.796 bits per heavy atom. The molecule has 0 radical (unpaired) electrons. The van der Waals surface area contributed by atoms with Gasteiger partial charge in [0.15, 0.2) is 18.7 Å². The highest BCUT2D eigenvalue weighted by Crippen LogP contribution is 2.31. The van der Waals surface area contributed by atoms with Crippen molar-refractivity contribution in [1.29, 1.82) is 0 Å². The molecule has 0 amide bonds. The number of carbonyl (C=O) groups excluding carboxylic acids is 1. The number of hydrogen-bond donors (Lipinski definition) is 7. The van der Waals surface area contributed by atoms with Gasteiger partial charge in [-0.3, -0.25) is 9.59 Å². The molecule has 316 valence electrons. The van der Waals surface area contributed by atoms with Crippen molar-refractivity contribution in [3.05, 3.63) is 0 Å². The minimum absolute atomic E-state index is 0.0364. The highest BCUT2D eigenvalue weighted by Gasteiger charge is 2.48. The van der Waals surface area contributed by atoms with Gasteiger partial charge in [-0.2, -0.15) is 0 Å². The molecule has 7 N–H and O–H groups in total. The topological polar surface area (TPSA) is 248 Å². The number of ether oxygens (including phenoxy) is 6. The molecule has 0 aromatic carbocycles. The van der Waals surface area contributed by atoms with Crippen molar-refractivity contribution in [3.8, 4) is 0 Å². The molecule has 2 aliphatic heterocycles. The molecule has 0 aromatic heterocycles. The summed E-state index contributed by atoms with van der Waals surface area (Å²) in [6.07, 6.45) is 1.07. The predicted octanol–water partition coefficient (Wildman–Crippen LogP) is 3.19. The van der Waals surface area contributed by atoms with Crippen LogP contribution >= 0.6 is 0 Å². The molecule has 0 spiro atoms. The number of aliphatic carboxylic acids is 2. The zero-order valence-corrected chi connectivity index (χ0v) is 32.2. The van der Waals surface area contributed by atoms with Gasteiger partial charge in [0.25, 0.3) is 0 Å². The summed E-state index contributed by atoms with van der Waals surface area (Å²) >= 11 is 0. The molecule has 0 aromatic rings. The Labute approximate surface area is 319 Å². The van der Waals surface area contributed by atoms with Gasteiger partial charge in [0.2, 0.25) is 0 Å². The van der Waals surface area contributed by atoms with Crippen LogP contribution in [-0.2, 0) is 42.8 Å². The Morgan fingerprint density at radius 3 is 1.98 bits per heavy atom. The average molecular weight is 781 g/mol. The zero-order valence-electron chi connectivity index (χ0n) is 32.2. The second kappa shape index (κ2) is 27.6. The summed E-state index contributed by atoms with van der Waals surface area (Å²) in [6, 6.07) is 0. The fourth-order valence-electron chi connectivity index (χ4n) is 6.78. The molecule has 2 rings (SSSR count). The minimum Gasteiger partial charge on any atom is -0.481 e. The summed E-state index contributed by atoms with van der Waals surface area (Å²) < 4.78 is 34.4. The summed E-state index contributed by atoms with van der Waals surface area (Å²) in [5.41, 5.74) is 0. The van der Waals surface area contributed by atoms with Gasteiger partial charge >= 0.3 is 17.9 Å². The minimum atomic E-state index is -1.63. The van der Waals surface area contributed by atoms with Gasteiger partial charge in [-0.1, -0.05) is 90.4 Å². The highest BCUT2D eigenvalue weighted by atomic mass is 16.7. The van der Waals surface area contributed by atoms with Crippen LogP contribution in [0, 0.1) is 0 Å². The molecular weight excluding hydrogens is 712 g/mol. The average Bonchev–Trinajstić information content (AvgIpc) is 3.13. The maximum atomic E-state index is 12.0. The van der Waals surface area contributed by atoms with Crippen LogP contribution in [0.1, 0.15) is 136 Å². The lowest BCUT2D eigenvalue weighted by atomic mass is 9.98. The van der Waals surface area contributed by atoms with Crippen molar-refractivity contribution in [3.63, 3.8) is 0 Å². The maximum Gasteiger partial charge on any atom is 0.335 e. The molecule has 2 fully saturated rings. The van der Waals surface area contributed by atoms with E-state index in [1.165, 1.54) is 6.92 Å². The lowest BCUT2D eigenvalue weighted by molar-refractivity contribution is -0.340. The number of carboxylic acid groups (broad SMARTS) is 2. The van der Waals surface area contributed by atoms with Crippen LogP contribution in [0.25, 0.3) is 0 Å². The Balaban J connectivity index is 1.85.